The topological polar surface area (TPSA) is 29.1 Å². The van der Waals surface area contributed by atoms with Gasteiger partial charge in [-0.3, -0.25) is 4.79 Å². The molecular weight excluding hydrogens is 337 g/mol. The average Bonchev–Trinajstić information content (AvgIpc) is 3.00. The molecule has 1 heterocycles. The van der Waals surface area contributed by atoms with Crippen molar-refractivity contribution in [1.29, 1.82) is 0 Å². The molecule has 5 rings (SSSR count). The maximum Gasteiger partial charge on any atom is 0.244 e. The van der Waals surface area contributed by atoms with Crippen LogP contribution in [0.1, 0.15) is 16.7 Å². The number of hydrogen-bond acceptors (Lipinski definition) is 1. The van der Waals surface area contributed by atoms with Gasteiger partial charge in [0.1, 0.15) is 11.2 Å². The van der Waals surface area contributed by atoms with Crippen molar-refractivity contribution in [3.8, 4) is 0 Å². The highest BCUT2D eigenvalue weighted by atomic mass is 19.1. The highest BCUT2D eigenvalue weighted by Crippen LogP contribution is 2.48. The molecule has 0 unspecified atom stereocenters. The molecule has 3 heteroatoms. The Hall–Kier alpha value is -3.46. The first kappa shape index (κ1) is 15.8. The second-order valence-electron chi connectivity index (χ2n) is 6.82. The Morgan fingerprint density at radius 1 is 0.704 bits per heavy atom. The fourth-order valence-corrected chi connectivity index (χ4v) is 4.12. The van der Waals surface area contributed by atoms with Gasteiger partial charge in [0, 0.05) is 11.3 Å². The molecule has 0 fully saturated rings. The number of fused-ring (bicyclic) bond motifs is 2. The van der Waals surface area contributed by atoms with E-state index in [0.717, 1.165) is 21.9 Å². The summed E-state index contributed by atoms with van der Waals surface area (Å²) in [7, 11) is 0. The lowest BCUT2D eigenvalue weighted by Gasteiger charge is -2.29. The Balaban J connectivity index is 1.88. The van der Waals surface area contributed by atoms with Gasteiger partial charge in [0.15, 0.2) is 0 Å². The number of benzene rings is 4. The van der Waals surface area contributed by atoms with Crippen molar-refractivity contribution in [2.24, 2.45) is 0 Å². The van der Waals surface area contributed by atoms with Crippen molar-refractivity contribution >= 4 is 22.4 Å². The Labute approximate surface area is 156 Å². The van der Waals surface area contributed by atoms with E-state index in [1.165, 1.54) is 12.1 Å². The molecule has 1 N–H and O–H groups in total. The zero-order valence-electron chi connectivity index (χ0n) is 14.4. The number of anilines is 1. The largest absolute Gasteiger partial charge is 0.324 e. The van der Waals surface area contributed by atoms with Gasteiger partial charge in [0.05, 0.1) is 0 Å². The molecule has 1 aliphatic rings. The summed E-state index contributed by atoms with van der Waals surface area (Å²) < 4.78 is 14.2. The fourth-order valence-electron chi connectivity index (χ4n) is 4.12. The van der Waals surface area contributed by atoms with E-state index in [4.69, 9.17) is 0 Å². The van der Waals surface area contributed by atoms with E-state index in [0.29, 0.717) is 11.3 Å². The first-order valence-electron chi connectivity index (χ1n) is 8.86. The SMILES string of the molecule is O=C1Nc2ccc(F)cc2[C@@]1(c1ccccc1)c1ccc2ccccc2c1. The van der Waals surface area contributed by atoms with Gasteiger partial charge >= 0.3 is 0 Å². The molecule has 0 bridgehead atoms. The minimum atomic E-state index is -1.08. The average molecular weight is 353 g/mol. The molecule has 0 aliphatic carbocycles. The third-order valence-corrected chi connectivity index (χ3v) is 5.36. The summed E-state index contributed by atoms with van der Waals surface area (Å²) >= 11 is 0. The van der Waals surface area contributed by atoms with Gasteiger partial charge in [-0.2, -0.15) is 0 Å². The third kappa shape index (κ3) is 2.21. The van der Waals surface area contributed by atoms with E-state index in [9.17, 15) is 9.18 Å². The highest BCUT2D eigenvalue weighted by molar-refractivity contribution is 6.11. The molecule has 27 heavy (non-hydrogen) atoms. The van der Waals surface area contributed by atoms with Crippen molar-refractivity contribution in [1.82, 2.24) is 0 Å². The van der Waals surface area contributed by atoms with Crippen LogP contribution in [0, 0.1) is 5.82 Å². The maximum absolute atomic E-state index is 14.2. The maximum atomic E-state index is 14.2. The number of hydrogen-bond donors (Lipinski definition) is 1. The predicted octanol–water partition coefficient (Wildman–Crippen LogP) is 5.27. The van der Waals surface area contributed by atoms with E-state index in [1.54, 1.807) is 6.07 Å². The van der Waals surface area contributed by atoms with Crippen molar-refractivity contribution in [3.05, 3.63) is 114 Å². The third-order valence-electron chi connectivity index (χ3n) is 5.36. The number of carbonyl (C=O) groups is 1. The first-order chi connectivity index (χ1) is 13.2. The van der Waals surface area contributed by atoms with E-state index < -0.39 is 5.41 Å². The Kier molecular flexibility index (Phi) is 3.37. The Bertz CT molecular complexity index is 1190. The standard InChI is InChI=1S/C24H16FNO/c25-20-12-13-22-21(15-20)24(23(27)26-22,18-8-2-1-3-9-18)19-11-10-16-6-4-5-7-17(16)14-19/h1-15H,(H,26,27)/t24-/m1/s1. The van der Waals surface area contributed by atoms with Crippen LogP contribution in [-0.2, 0) is 10.2 Å². The van der Waals surface area contributed by atoms with E-state index >= 15 is 0 Å². The second-order valence-corrected chi connectivity index (χ2v) is 6.82. The smallest absolute Gasteiger partial charge is 0.244 e. The van der Waals surface area contributed by atoms with Gasteiger partial charge in [-0.05, 0) is 46.2 Å². The molecule has 1 aliphatic heterocycles. The normalized spacial score (nSPS) is 18.3. The summed E-state index contributed by atoms with van der Waals surface area (Å²) in [5.74, 6) is -0.518. The molecule has 1 atom stereocenters. The molecule has 0 spiro atoms. The number of amides is 1. The monoisotopic (exact) mass is 353 g/mol. The minimum absolute atomic E-state index is 0.162. The molecule has 130 valence electrons. The molecule has 0 saturated carbocycles. The van der Waals surface area contributed by atoms with Gasteiger partial charge in [0.2, 0.25) is 5.91 Å². The molecule has 2 nitrogen and oxygen atoms in total. The lowest BCUT2D eigenvalue weighted by Crippen LogP contribution is -2.37. The number of rotatable bonds is 2. The molecular formula is C24H16FNO. The molecule has 4 aromatic carbocycles. The molecule has 0 aromatic heterocycles. The molecule has 0 saturated heterocycles. The van der Waals surface area contributed by atoms with Crippen molar-refractivity contribution in [2.75, 3.05) is 5.32 Å². The van der Waals surface area contributed by atoms with E-state index in [2.05, 4.69) is 5.32 Å². The van der Waals surface area contributed by atoms with Crippen molar-refractivity contribution in [2.45, 2.75) is 5.41 Å². The van der Waals surface area contributed by atoms with Gasteiger partial charge in [0.25, 0.3) is 0 Å². The van der Waals surface area contributed by atoms with Crippen LogP contribution in [0.25, 0.3) is 10.8 Å². The summed E-state index contributed by atoms with van der Waals surface area (Å²) in [4.78, 5) is 13.4. The van der Waals surface area contributed by atoms with Crippen LogP contribution in [0.2, 0.25) is 0 Å². The van der Waals surface area contributed by atoms with Crippen LogP contribution in [0.15, 0.2) is 91.0 Å². The molecule has 4 aromatic rings. The summed E-state index contributed by atoms with van der Waals surface area (Å²) in [6, 6.07) is 28.1. The van der Waals surface area contributed by atoms with Crippen LogP contribution in [0.3, 0.4) is 0 Å². The van der Waals surface area contributed by atoms with Crippen LogP contribution >= 0.6 is 0 Å². The number of nitrogens with one attached hydrogen (secondary N) is 1. The zero-order valence-corrected chi connectivity index (χ0v) is 14.4. The second kappa shape index (κ2) is 5.78. The lowest BCUT2D eigenvalue weighted by molar-refractivity contribution is -0.118. The first-order valence-corrected chi connectivity index (χ1v) is 8.86. The van der Waals surface area contributed by atoms with E-state index in [-0.39, 0.29) is 11.7 Å². The van der Waals surface area contributed by atoms with Gasteiger partial charge in [-0.1, -0.05) is 66.7 Å². The number of carbonyl (C=O) groups excluding carboxylic acids is 1. The van der Waals surface area contributed by atoms with Crippen LogP contribution < -0.4 is 5.32 Å². The predicted molar refractivity (Wildman–Crippen MR) is 105 cm³/mol. The van der Waals surface area contributed by atoms with Gasteiger partial charge in [-0.25, -0.2) is 4.39 Å². The summed E-state index contributed by atoms with van der Waals surface area (Å²) in [6.45, 7) is 0. The zero-order chi connectivity index (χ0) is 18.4. The summed E-state index contributed by atoms with van der Waals surface area (Å²) in [5.41, 5.74) is 1.87. The van der Waals surface area contributed by atoms with Crippen molar-refractivity contribution < 1.29 is 9.18 Å². The van der Waals surface area contributed by atoms with Gasteiger partial charge < -0.3 is 5.32 Å². The Morgan fingerprint density at radius 2 is 1.44 bits per heavy atom. The van der Waals surface area contributed by atoms with Gasteiger partial charge in [-0.15, -0.1) is 0 Å². The quantitative estimate of drug-likeness (QED) is 0.523. The summed E-state index contributed by atoms with van der Waals surface area (Å²) in [5, 5.41) is 5.10. The minimum Gasteiger partial charge on any atom is -0.324 e. The van der Waals surface area contributed by atoms with Crippen LogP contribution in [-0.4, -0.2) is 5.91 Å². The number of halogens is 1. The lowest BCUT2D eigenvalue weighted by atomic mass is 9.70. The van der Waals surface area contributed by atoms with Crippen LogP contribution in [0.4, 0.5) is 10.1 Å². The highest BCUT2D eigenvalue weighted by Gasteiger charge is 2.49. The molecule has 0 radical (unpaired) electrons. The van der Waals surface area contributed by atoms with Crippen LogP contribution in [0.5, 0.6) is 0 Å². The fraction of sp³-hybridized carbons (Fsp3) is 0.0417. The Morgan fingerprint density at radius 3 is 2.26 bits per heavy atom. The molecule has 1 amide bonds. The van der Waals surface area contributed by atoms with E-state index in [1.807, 2.05) is 72.8 Å². The summed E-state index contributed by atoms with van der Waals surface area (Å²) in [6.07, 6.45) is 0. The van der Waals surface area contributed by atoms with Crippen molar-refractivity contribution in [3.63, 3.8) is 0 Å².